The van der Waals surface area contributed by atoms with Crippen molar-refractivity contribution >= 4 is 22.4 Å². The Morgan fingerprint density at radius 1 is 0.917 bits per heavy atom. The van der Waals surface area contributed by atoms with E-state index < -0.39 is 0 Å². The second-order valence-electron chi connectivity index (χ2n) is 5.47. The highest BCUT2D eigenvalue weighted by molar-refractivity contribution is 6.32. The van der Waals surface area contributed by atoms with Crippen molar-refractivity contribution in [1.82, 2.24) is 0 Å². The highest BCUT2D eigenvalue weighted by Gasteiger charge is 2.13. The molecule has 1 N–H and O–H groups in total. The number of halogens is 1. The van der Waals surface area contributed by atoms with E-state index in [4.69, 9.17) is 21.1 Å². The lowest BCUT2D eigenvalue weighted by molar-refractivity contribution is 0.264. The fourth-order valence-electron chi connectivity index (χ4n) is 2.60. The van der Waals surface area contributed by atoms with Gasteiger partial charge in [-0.3, -0.25) is 0 Å². The van der Waals surface area contributed by atoms with E-state index in [1.165, 1.54) is 10.8 Å². The molecule has 0 unspecified atom stereocenters. The summed E-state index contributed by atoms with van der Waals surface area (Å²) in [6.07, 6.45) is 0. The van der Waals surface area contributed by atoms with E-state index in [0.29, 0.717) is 35.3 Å². The largest absolute Gasteiger partial charge is 0.490 e. The molecular formula is C20H19ClO3. The van der Waals surface area contributed by atoms with E-state index in [9.17, 15) is 5.11 Å². The Hall–Kier alpha value is -2.23. The molecule has 3 rings (SSSR count). The number of aliphatic hydroxyl groups excluding tert-OH is 1. The molecule has 0 fully saturated rings. The molecular weight excluding hydrogens is 324 g/mol. The van der Waals surface area contributed by atoms with Crippen molar-refractivity contribution in [3.8, 4) is 11.5 Å². The van der Waals surface area contributed by atoms with Crippen molar-refractivity contribution in [1.29, 1.82) is 0 Å². The van der Waals surface area contributed by atoms with Gasteiger partial charge in [0.05, 0.1) is 18.2 Å². The second-order valence-corrected chi connectivity index (χ2v) is 5.87. The van der Waals surface area contributed by atoms with Gasteiger partial charge >= 0.3 is 0 Å². The summed E-state index contributed by atoms with van der Waals surface area (Å²) in [6, 6.07) is 17.9. The number of ether oxygens (including phenoxy) is 2. The molecule has 0 aromatic heterocycles. The van der Waals surface area contributed by atoms with Crippen LogP contribution in [0.1, 0.15) is 18.1 Å². The minimum absolute atomic E-state index is 0.0925. The first-order valence-electron chi connectivity index (χ1n) is 7.88. The van der Waals surface area contributed by atoms with E-state index in [1.54, 1.807) is 12.1 Å². The van der Waals surface area contributed by atoms with E-state index in [0.717, 1.165) is 5.56 Å². The average molecular weight is 343 g/mol. The third kappa shape index (κ3) is 3.64. The Morgan fingerprint density at radius 2 is 1.71 bits per heavy atom. The smallest absolute Gasteiger partial charge is 0.180 e. The molecule has 3 aromatic carbocycles. The van der Waals surface area contributed by atoms with Crippen LogP contribution in [0.3, 0.4) is 0 Å². The van der Waals surface area contributed by atoms with E-state index in [2.05, 4.69) is 24.3 Å². The Labute approximate surface area is 146 Å². The van der Waals surface area contributed by atoms with Crippen molar-refractivity contribution in [2.45, 2.75) is 20.1 Å². The van der Waals surface area contributed by atoms with Crippen LogP contribution in [0.25, 0.3) is 10.8 Å². The molecule has 124 valence electrons. The molecule has 0 aliphatic carbocycles. The molecule has 3 nitrogen and oxygen atoms in total. The van der Waals surface area contributed by atoms with Gasteiger partial charge in [0.25, 0.3) is 0 Å². The molecule has 0 aliphatic rings. The monoisotopic (exact) mass is 342 g/mol. The maximum absolute atomic E-state index is 9.30. The molecule has 0 heterocycles. The predicted molar refractivity (Wildman–Crippen MR) is 96.8 cm³/mol. The molecule has 0 atom stereocenters. The average Bonchev–Trinajstić information content (AvgIpc) is 2.61. The van der Waals surface area contributed by atoms with Gasteiger partial charge in [0.2, 0.25) is 0 Å². The van der Waals surface area contributed by atoms with Crippen molar-refractivity contribution < 1.29 is 14.6 Å². The van der Waals surface area contributed by atoms with Gasteiger partial charge in [0.1, 0.15) is 6.61 Å². The normalized spacial score (nSPS) is 10.8. The van der Waals surface area contributed by atoms with Crippen LogP contribution >= 0.6 is 11.6 Å². The fourth-order valence-corrected chi connectivity index (χ4v) is 2.89. The summed E-state index contributed by atoms with van der Waals surface area (Å²) in [5.74, 6) is 1.05. The zero-order valence-corrected chi connectivity index (χ0v) is 14.2. The van der Waals surface area contributed by atoms with E-state index in [-0.39, 0.29) is 6.61 Å². The van der Waals surface area contributed by atoms with Crippen LogP contribution in [0.4, 0.5) is 0 Å². The number of hydrogen-bond acceptors (Lipinski definition) is 3. The van der Waals surface area contributed by atoms with Gasteiger partial charge in [-0.25, -0.2) is 0 Å². The minimum Gasteiger partial charge on any atom is -0.490 e. The summed E-state index contributed by atoms with van der Waals surface area (Å²) in [6.45, 7) is 2.69. The van der Waals surface area contributed by atoms with Gasteiger partial charge in [-0.2, -0.15) is 0 Å². The third-order valence-electron chi connectivity index (χ3n) is 3.75. The van der Waals surface area contributed by atoms with Gasteiger partial charge in [-0.15, -0.1) is 0 Å². The van der Waals surface area contributed by atoms with Crippen molar-refractivity contribution in [2.24, 2.45) is 0 Å². The standard InChI is InChI=1S/C20H19ClO3/c1-2-23-19-11-15(12-22)10-18(21)20(19)24-13-14-7-8-16-5-3-4-6-17(16)9-14/h3-11,22H,2,12-13H2,1H3. The first kappa shape index (κ1) is 16.6. The topological polar surface area (TPSA) is 38.7 Å². The molecule has 0 radical (unpaired) electrons. The van der Waals surface area contributed by atoms with Crippen LogP contribution in [-0.2, 0) is 13.2 Å². The molecule has 0 bridgehead atoms. The summed E-state index contributed by atoms with van der Waals surface area (Å²) in [4.78, 5) is 0. The fraction of sp³-hybridized carbons (Fsp3) is 0.200. The van der Waals surface area contributed by atoms with Crippen LogP contribution < -0.4 is 9.47 Å². The van der Waals surface area contributed by atoms with Crippen molar-refractivity contribution in [3.63, 3.8) is 0 Å². The molecule has 0 aliphatic heterocycles. The van der Waals surface area contributed by atoms with Crippen molar-refractivity contribution in [2.75, 3.05) is 6.61 Å². The van der Waals surface area contributed by atoms with E-state index >= 15 is 0 Å². The van der Waals surface area contributed by atoms with Crippen molar-refractivity contribution in [3.05, 3.63) is 70.7 Å². The first-order chi connectivity index (χ1) is 11.7. The molecule has 24 heavy (non-hydrogen) atoms. The highest BCUT2D eigenvalue weighted by atomic mass is 35.5. The Balaban J connectivity index is 1.84. The van der Waals surface area contributed by atoms with Crippen LogP contribution in [0.15, 0.2) is 54.6 Å². The number of hydrogen-bond donors (Lipinski definition) is 1. The number of benzene rings is 3. The minimum atomic E-state index is -0.0925. The number of aliphatic hydroxyl groups is 1. The Bertz CT molecular complexity index is 845. The molecule has 0 saturated carbocycles. The lowest BCUT2D eigenvalue weighted by Crippen LogP contribution is -2.01. The molecule has 0 spiro atoms. The maximum atomic E-state index is 9.30. The number of fused-ring (bicyclic) bond motifs is 1. The van der Waals surface area contributed by atoms with E-state index in [1.807, 2.05) is 25.1 Å². The molecule has 4 heteroatoms. The van der Waals surface area contributed by atoms with Gasteiger partial charge in [0, 0.05) is 0 Å². The Morgan fingerprint density at radius 3 is 2.46 bits per heavy atom. The molecule has 0 amide bonds. The van der Waals surface area contributed by atoms with Crippen LogP contribution in [0.2, 0.25) is 5.02 Å². The summed E-state index contributed by atoms with van der Waals surface area (Å²) in [7, 11) is 0. The van der Waals surface area contributed by atoms with Gasteiger partial charge in [-0.05, 0) is 47.0 Å². The summed E-state index contributed by atoms with van der Waals surface area (Å²) in [5, 5.41) is 12.1. The third-order valence-corrected chi connectivity index (χ3v) is 4.03. The molecule has 3 aromatic rings. The first-order valence-corrected chi connectivity index (χ1v) is 8.25. The maximum Gasteiger partial charge on any atom is 0.180 e. The highest BCUT2D eigenvalue weighted by Crippen LogP contribution is 2.37. The van der Waals surface area contributed by atoms with Gasteiger partial charge in [0.15, 0.2) is 11.5 Å². The van der Waals surface area contributed by atoms with Crippen LogP contribution in [0.5, 0.6) is 11.5 Å². The summed E-state index contributed by atoms with van der Waals surface area (Å²) in [5.41, 5.74) is 1.75. The lowest BCUT2D eigenvalue weighted by Gasteiger charge is -2.15. The second kappa shape index (κ2) is 7.56. The molecule has 0 saturated heterocycles. The SMILES string of the molecule is CCOc1cc(CO)cc(Cl)c1OCc1ccc2ccccc2c1. The zero-order valence-electron chi connectivity index (χ0n) is 13.5. The van der Waals surface area contributed by atoms with Crippen LogP contribution in [-0.4, -0.2) is 11.7 Å². The summed E-state index contributed by atoms with van der Waals surface area (Å²) < 4.78 is 11.5. The van der Waals surface area contributed by atoms with Gasteiger partial charge in [-0.1, -0.05) is 48.0 Å². The van der Waals surface area contributed by atoms with Crippen LogP contribution in [0, 0.1) is 0 Å². The summed E-state index contributed by atoms with van der Waals surface area (Å²) >= 11 is 6.29. The Kier molecular flexibility index (Phi) is 5.24. The predicted octanol–water partition coefficient (Wildman–Crippen LogP) is 4.96. The zero-order chi connectivity index (χ0) is 16.9. The lowest BCUT2D eigenvalue weighted by atomic mass is 10.1. The quantitative estimate of drug-likeness (QED) is 0.687. The van der Waals surface area contributed by atoms with Gasteiger partial charge < -0.3 is 14.6 Å². The number of rotatable bonds is 6.